The van der Waals surface area contributed by atoms with Gasteiger partial charge in [-0.05, 0) is 19.3 Å². The zero-order valence-electron chi connectivity index (χ0n) is 9.91. The van der Waals surface area contributed by atoms with Crippen LogP contribution in [0.25, 0.3) is 0 Å². The normalized spacial score (nSPS) is 29.6. The molecule has 100 valence electrons. The van der Waals surface area contributed by atoms with Crippen molar-refractivity contribution in [1.29, 1.82) is 0 Å². The first-order valence-electron chi connectivity index (χ1n) is 5.53. The molecule has 3 N–H and O–H groups in total. The minimum absolute atomic E-state index is 0.0985. The molecular weight excluding hydrogens is 235 g/mol. The summed E-state index contributed by atoms with van der Waals surface area (Å²) in [5.74, 6) is -2.30. The summed E-state index contributed by atoms with van der Waals surface area (Å²) < 4.78 is 38.2. The van der Waals surface area contributed by atoms with Crippen molar-refractivity contribution in [2.45, 2.75) is 32.5 Å². The van der Waals surface area contributed by atoms with Crippen LogP contribution in [0.5, 0.6) is 0 Å². The van der Waals surface area contributed by atoms with E-state index in [0.717, 1.165) is 6.42 Å². The maximum Gasteiger partial charge on any atom is 0.400 e. The van der Waals surface area contributed by atoms with Crippen LogP contribution in [-0.2, 0) is 0 Å². The molecule has 17 heavy (non-hydrogen) atoms. The first kappa shape index (κ1) is 14.1. The lowest BCUT2D eigenvalue weighted by Crippen LogP contribution is -2.45. The number of amidine groups is 1. The summed E-state index contributed by atoms with van der Waals surface area (Å²) in [5.41, 5.74) is 5.11. The minimum Gasteiger partial charge on any atom is -0.409 e. The predicted molar refractivity (Wildman–Crippen MR) is 57.8 cm³/mol. The van der Waals surface area contributed by atoms with E-state index in [-0.39, 0.29) is 12.6 Å². The fraction of sp³-hybridized carbons (Fsp3) is 0.900. The van der Waals surface area contributed by atoms with E-state index >= 15 is 0 Å². The Morgan fingerprint density at radius 3 is 2.47 bits per heavy atom. The van der Waals surface area contributed by atoms with Gasteiger partial charge >= 0.3 is 6.18 Å². The fourth-order valence-electron chi connectivity index (χ4n) is 2.31. The van der Waals surface area contributed by atoms with Crippen molar-refractivity contribution < 1.29 is 18.4 Å². The second-order valence-corrected chi connectivity index (χ2v) is 4.76. The van der Waals surface area contributed by atoms with Crippen LogP contribution < -0.4 is 5.73 Å². The molecule has 1 heterocycles. The molecule has 1 saturated heterocycles. The lowest BCUT2D eigenvalue weighted by molar-refractivity contribution is -0.160. The van der Waals surface area contributed by atoms with E-state index in [4.69, 9.17) is 10.9 Å². The highest BCUT2D eigenvalue weighted by molar-refractivity contribution is 5.83. The van der Waals surface area contributed by atoms with Crippen LogP contribution in [0.1, 0.15) is 20.3 Å². The molecule has 1 aliphatic rings. The summed E-state index contributed by atoms with van der Waals surface area (Å²) >= 11 is 0. The SMILES string of the molecule is CC1CC(C)N(CC(C(N)=NO)C(F)(F)F)C1. The van der Waals surface area contributed by atoms with E-state index in [1.807, 2.05) is 13.8 Å². The van der Waals surface area contributed by atoms with Gasteiger partial charge in [-0.2, -0.15) is 13.2 Å². The average molecular weight is 253 g/mol. The first-order valence-corrected chi connectivity index (χ1v) is 5.53. The molecule has 7 heteroatoms. The Balaban J connectivity index is 2.74. The molecule has 0 spiro atoms. The predicted octanol–water partition coefficient (Wildman–Crippen LogP) is 1.64. The van der Waals surface area contributed by atoms with Gasteiger partial charge in [-0.1, -0.05) is 12.1 Å². The van der Waals surface area contributed by atoms with Gasteiger partial charge in [0, 0.05) is 19.1 Å². The number of hydrogen-bond donors (Lipinski definition) is 2. The van der Waals surface area contributed by atoms with Gasteiger partial charge in [-0.25, -0.2) is 0 Å². The Morgan fingerprint density at radius 2 is 2.12 bits per heavy atom. The maximum atomic E-state index is 12.7. The summed E-state index contributed by atoms with van der Waals surface area (Å²) in [4.78, 5) is 1.74. The molecule has 0 aliphatic carbocycles. The highest BCUT2D eigenvalue weighted by Crippen LogP contribution is 2.30. The highest BCUT2D eigenvalue weighted by Gasteiger charge is 2.45. The van der Waals surface area contributed by atoms with Crippen LogP contribution in [0.15, 0.2) is 5.16 Å². The topological polar surface area (TPSA) is 61.8 Å². The lowest BCUT2D eigenvalue weighted by atomic mass is 10.1. The molecule has 1 fully saturated rings. The molecule has 1 aliphatic heterocycles. The number of nitrogens with two attached hydrogens (primary N) is 1. The Labute approximate surface area is 98.3 Å². The van der Waals surface area contributed by atoms with Gasteiger partial charge in [-0.3, -0.25) is 4.90 Å². The zero-order valence-corrected chi connectivity index (χ0v) is 9.91. The van der Waals surface area contributed by atoms with Crippen LogP contribution in [0.2, 0.25) is 0 Å². The monoisotopic (exact) mass is 253 g/mol. The third kappa shape index (κ3) is 3.49. The second-order valence-electron chi connectivity index (χ2n) is 4.76. The van der Waals surface area contributed by atoms with Crippen LogP contribution in [0.4, 0.5) is 13.2 Å². The van der Waals surface area contributed by atoms with Gasteiger partial charge < -0.3 is 10.9 Å². The number of likely N-dealkylation sites (tertiary alicyclic amines) is 1. The summed E-state index contributed by atoms with van der Waals surface area (Å²) in [6.45, 7) is 4.27. The van der Waals surface area contributed by atoms with Crippen molar-refractivity contribution in [2.24, 2.45) is 22.7 Å². The third-order valence-corrected chi connectivity index (χ3v) is 3.20. The molecule has 1 rings (SSSR count). The van der Waals surface area contributed by atoms with Gasteiger partial charge in [-0.15, -0.1) is 0 Å². The average Bonchev–Trinajstić information content (AvgIpc) is 2.51. The largest absolute Gasteiger partial charge is 0.409 e. The van der Waals surface area contributed by atoms with E-state index < -0.39 is 17.9 Å². The third-order valence-electron chi connectivity index (χ3n) is 3.20. The summed E-state index contributed by atoms with van der Waals surface area (Å²) in [6.07, 6.45) is -3.61. The van der Waals surface area contributed by atoms with Crippen molar-refractivity contribution in [2.75, 3.05) is 13.1 Å². The van der Waals surface area contributed by atoms with E-state index in [1.54, 1.807) is 4.90 Å². The number of oxime groups is 1. The molecule has 3 unspecified atom stereocenters. The van der Waals surface area contributed by atoms with Gasteiger partial charge in [0.25, 0.3) is 0 Å². The summed E-state index contributed by atoms with van der Waals surface area (Å²) in [5, 5.41) is 10.9. The molecule has 0 aromatic heterocycles. The van der Waals surface area contributed by atoms with Crippen molar-refractivity contribution in [1.82, 2.24) is 4.90 Å². The zero-order chi connectivity index (χ0) is 13.2. The number of rotatable bonds is 3. The fourth-order valence-corrected chi connectivity index (χ4v) is 2.31. The van der Waals surface area contributed by atoms with Crippen molar-refractivity contribution in [3.05, 3.63) is 0 Å². The smallest absolute Gasteiger partial charge is 0.400 e. The van der Waals surface area contributed by atoms with Crippen molar-refractivity contribution in [3.8, 4) is 0 Å². The highest BCUT2D eigenvalue weighted by atomic mass is 19.4. The standard InChI is InChI=1S/C10H18F3N3O/c1-6-3-7(2)16(4-6)5-8(9(14)15-17)10(11,12)13/h6-8,17H,3-5H2,1-2H3,(H2,14,15). The van der Waals surface area contributed by atoms with E-state index in [0.29, 0.717) is 12.5 Å². The molecule has 0 bridgehead atoms. The molecule has 0 saturated carbocycles. The van der Waals surface area contributed by atoms with E-state index in [9.17, 15) is 13.2 Å². The molecule has 0 radical (unpaired) electrons. The lowest BCUT2D eigenvalue weighted by Gasteiger charge is -2.27. The number of hydrogen-bond acceptors (Lipinski definition) is 3. The van der Waals surface area contributed by atoms with Gasteiger partial charge in [0.15, 0.2) is 5.84 Å². The molecule has 0 amide bonds. The molecule has 0 aromatic carbocycles. The van der Waals surface area contributed by atoms with Gasteiger partial charge in [0.05, 0.1) is 0 Å². The molecular formula is C10H18F3N3O. The van der Waals surface area contributed by atoms with E-state index in [2.05, 4.69) is 5.16 Å². The molecule has 4 nitrogen and oxygen atoms in total. The number of nitrogens with zero attached hydrogens (tertiary/aromatic N) is 2. The first-order chi connectivity index (χ1) is 7.75. The quantitative estimate of drug-likeness (QED) is 0.348. The summed E-state index contributed by atoms with van der Waals surface area (Å²) in [6, 6.07) is 0.0985. The van der Waals surface area contributed by atoms with Crippen LogP contribution in [-0.4, -0.2) is 41.3 Å². The maximum absolute atomic E-state index is 12.7. The molecule has 0 aromatic rings. The van der Waals surface area contributed by atoms with Gasteiger partial charge in [0.2, 0.25) is 0 Å². The Bertz CT molecular complexity index is 293. The van der Waals surface area contributed by atoms with Crippen LogP contribution in [0, 0.1) is 11.8 Å². The van der Waals surface area contributed by atoms with E-state index in [1.165, 1.54) is 0 Å². The minimum atomic E-state index is -4.48. The van der Waals surface area contributed by atoms with Crippen molar-refractivity contribution in [3.63, 3.8) is 0 Å². The van der Waals surface area contributed by atoms with Crippen LogP contribution >= 0.6 is 0 Å². The van der Waals surface area contributed by atoms with Crippen LogP contribution in [0.3, 0.4) is 0 Å². The Hall–Kier alpha value is -0.980. The summed E-state index contributed by atoms with van der Waals surface area (Å²) in [7, 11) is 0. The molecule has 3 atom stereocenters. The number of halogens is 3. The number of alkyl halides is 3. The van der Waals surface area contributed by atoms with Crippen molar-refractivity contribution >= 4 is 5.84 Å². The second kappa shape index (κ2) is 5.12. The Kier molecular flexibility index (Phi) is 4.24. The Morgan fingerprint density at radius 1 is 1.53 bits per heavy atom. The van der Waals surface area contributed by atoms with Gasteiger partial charge in [0.1, 0.15) is 5.92 Å².